The lowest BCUT2D eigenvalue weighted by molar-refractivity contribution is 0.102. The Morgan fingerprint density at radius 3 is 2.54 bits per heavy atom. The van der Waals surface area contributed by atoms with Crippen LogP contribution in [0, 0.1) is 20.8 Å². The summed E-state index contributed by atoms with van der Waals surface area (Å²) in [6.07, 6.45) is 1.64. The standard InChI is InChI=1S/C20H22N4O2/c1-5-6-16-22-19(24-26-16)17-13(3)11-14(4)21-18(17)23-20(25)15-9-7-12(2)8-10-15/h7-11H,5-6H2,1-4H3,(H,21,23,25). The fourth-order valence-corrected chi connectivity index (χ4v) is 2.77. The lowest BCUT2D eigenvalue weighted by Gasteiger charge is -2.12. The topological polar surface area (TPSA) is 80.9 Å². The zero-order valence-electron chi connectivity index (χ0n) is 15.5. The third-order valence-electron chi connectivity index (χ3n) is 4.05. The predicted molar refractivity (Wildman–Crippen MR) is 100 cm³/mol. The van der Waals surface area contributed by atoms with Gasteiger partial charge in [-0.05, 0) is 51.0 Å². The SMILES string of the molecule is CCCc1nc(-c2c(C)cc(C)nc2NC(=O)c2ccc(C)cc2)no1. The average Bonchev–Trinajstić information content (AvgIpc) is 3.03. The fourth-order valence-electron chi connectivity index (χ4n) is 2.77. The van der Waals surface area contributed by atoms with Crippen molar-refractivity contribution >= 4 is 11.7 Å². The molecule has 2 aromatic heterocycles. The number of aromatic nitrogens is 3. The van der Waals surface area contributed by atoms with Crippen LogP contribution in [0.3, 0.4) is 0 Å². The largest absolute Gasteiger partial charge is 0.339 e. The van der Waals surface area contributed by atoms with Crippen LogP contribution in [-0.2, 0) is 6.42 Å². The number of carbonyl (C=O) groups excluding carboxylic acids is 1. The first-order valence-corrected chi connectivity index (χ1v) is 8.67. The molecule has 0 aliphatic heterocycles. The molecular formula is C20H22N4O2. The molecule has 6 heteroatoms. The summed E-state index contributed by atoms with van der Waals surface area (Å²) in [5, 5.41) is 6.97. The van der Waals surface area contributed by atoms with E-state index in [0.717, 1.165) is 29.7 Å². The van der Waals surface area contributed by atoms with Gasteiger partial charge in [0.2, 0.25) is 11.7 Å². The number of carbonyl (C=O) groups is 1. The highest BCUT2D eigenvalue weighted by atomic mass is 16.5. The van der Waals surface area contributed by atoms with Gasteiger partial charge < -0.3 is 9.84 Å². The zero-order valence-corrected chi connectivity index (χ0v) is 15.5. The van der Waals surface area contributed by atoms with Crippen molar-refractivity contribution in [3.8, 4) is 11.4 Å². The molecule has 0 unspecified atom stereocenters. The van der Waals surface area contributed by atoms with Gasteiger partial charge >= 0.3 is 0 Å². The van der Waals surface area contributed by atoms with Crippen LogP contribution in [-0.4, -0.2) is 21.0 Å². The molecule has 1 aromatic carbocycles. The lowest BCUT2D eigenvalue weighted by Crippen LogP contribution is -2.15. The Morgan fingerprint density at radius 2 is 1.85 bits per heavy atom. The number of amides is 1. The van der Waals surface area contributed by atoms with Crippen molar-refractivity contribution < 1.29 is 9.32 Å². The minimum Gasteiger partial charge on any atom is -0.339 e. The summed E-state index contributed by atoms with van der Waals surface area (Å²) >= 11 is 0. The number of nitrogens with one attached hydrogen (secondary N) is 1. The molecule has 0 radical (unpaired) electrons. The zero-order chi connectivity index (χ0) is 18.7. The predicted octanol–water partition coefficient (Wildman–Crippen LogP) is 4.26. The van der Waals surface area contributed by atoms with Gasteiger partial charge in [0.1, 0.15) is 5.82 Å². The van der Waals surface area contributed by atoms with Gasteiger partial charge in [0.05, 0.1) is 5.56 Å². The molecule has 3 aromatic rings. The maximum Gasteiger partial charge on any atom is 0.256 e. The van der Waals surface area contributed by atoms with E-state index in [9.17, 15) is 4.79 Å². The van der Waals surface area contributed by atoms with Crippen molar-refractivity contribution in [2.45, 2.75) is 40.5 Å². The highest BCUT2D eigenvalue weighted by Crippen LogP contribution is 2.29. The summed E-state index contributed by atoms with van der Waals surface area (Å²) < 4.78 is 5.30. The molecule has 2 heterocycles. The van der Waals surface area contributed by atoms with Crippen molar-refractivity contribution in [3.05, 3.63) is 58.6 Å². The fraction of sp³-hybridized carbons (Fsp3) is 0.300. The molecule has 0 saturated heterocycles. The molecule has 0 fully saturated rings. The minimum atomic E-state index is -0.221. The second-order valence-corrected chi connectivity index (χ2v) is 6.39. The van der Waals surface area contributed by atoms with Crippen LogP contribution >= 0.6 is 0 Å². The quantitative estimate of drug-likeness (QED) is 0.743. The van der Waals surface area contributed by atoms with E-state index in [1.807, 2.05) is 39.0 Å². The van der Waals surface area contributed by atoms with E-state index in [2.05, 4.69) is 27.4 Å². The van der Waals surface area contributed by atoms with E-state index >= 15 is 0 Å². The molecule has 0 spiro atoms. The first-order chi connectivity index (χ1) is 12.5. The number of benzene rings is 1. The number of pyridine rings is 1. The molecule has 1 amide bonds. The molecule has 1 N–H and O–H groups in total. The van der Waals surface area contributed by atoms with E-state index in [1.165, 1.54) is 0 Å². The lowest BCUT2D eigenvalue weighted by atomic mass is 10.1. The van der Waals surface area contributed by atoms with Gasteiger partial charge in [0.15, 0.2) is 0 Å². The van der Waals surface area contributed by atoms with Crippen molar-refractivity contribution in [1.82, 2.24) is 15.1 Å². The molecule has 0 bridgehead atoms. The Labute approximate surface area is 152 Å². The molecule has 0 aliphatic carbocycles. The number of aryl methyl sites for hydroxylation is 4. The first-order valence-electron chi connectivity index (χ1n) is 8.67. The highest BCUT2D eigenvalue weighted by Gasteiger charge is 2.19. The van der Waals surface area contributed by atoms with Gasteiger partial charge in [0.25, 0.3) is 5.91 Å². The minimum absolute atomic E-state index is 0.221. The molecular weight excluding hydrogens is 328 g/mol. The molecule has 0 atom stereocenters. The maximum atomic E-state index is 12.6. The summed E-state index contributed by atoms with van der Waals surface area (Å²) in [7, 11) is 0. The van der Waals surface area contributed by atoms with Crippen LogP contribution in [0.15, 0.2) is 34.9 Å². The Kier molecular flexibility index (Phi) is 5.11. The summed E-state index contributed by atoms with van der Waals surface area (Å²) in [5.74, 6) is 1.24. The van der Waals surface area contributed by atoms with Gasteiger partial charge in [-0.15, -0.1) is 0 Å². The molecule has 0 saturated carbocycles. The van der Waals surface area contributed by atoms with E-state index in [0.29, 0.717) is 28.7 Å². The third-order valence-corrected chi connectivity index (χ3v) is 4.05. The van der Waals surface area contributed by atoms with Crippen molar-refractivity contribution in [2.24, 2.45) is 0 Å². The number of rotatable bonds is 5. The van der Waals surface area contributed by atoms with E-state index < -0.39 is 0 Å². The molecule has 0 aliphatic rings. The van der Waals surface area contributed by atoms with Gasteiger partial charge in [-0.1, -0.05) is 29.8 Å². The molecule has 6 nitrogen and oxygen atoms in total. The normalized spacial score (nSPS) is 10.8. The monoisotopic (exact) mass is 350 g/mol. The average molecular weight is 350 g/mol. The van der Waals surface area contributed by atoms with Crippen LogP contribution in [0.5, 0.6) is 0 Å². The van der Waals surface area contributed by atoms with Crippen molar-refractivity contribution in [3.63, 3.8) is 0 Å². The molecule has 26 heavy (non-hydrogen) atoms. The Balaban J connectivity index is 1.97. The Morgan fingerprint density at radius 1 is 1.12 bits per heavy atom. The van der Waals surface area contributed by atoms with Crippen molar-refractivity contribution in [2.75, 3.05) is 5.32 Å². The second kappa shape index (κ2) is 7.47. The van der Waals surface area contributed by atoms with Crippen LogP contribution < -0.4 is 5.32 Å². The summed E-state index contributed by atoms with van der Waals surface area (Å²) in [6, 6.07) is 9.33. The number of anilines is 1. The Bertz CT molecular complexity index is 929. The Hall–Kier alpha value is -3.02. The van der Waals surface area contributed by atoms with Gasteiger partial charge in [-0.3, -0.25) is 4.79 Å². The molecule has 3 rings (SSSR count). The third kappa shape index (κ3) is 3.79. The van der Waals surface area contributed by atoms with E-state index in [4.69, 9.17) is 4.52 Å². The summed E-state index contributed by atoms with van der Waals surface area (Å²) in [4.78, 5) is 21.6. The smallest absolute Gasteiger partial charge is 0.256 e. The maximum absolute atomic E-state index is 12.6. The molecule has 134 valence electrons. The second-order valence-electron chi connectivity index (χ2n) is 6.39. The van der Waals surface area contributed by atoms with Crippen LogP contribution in [0.25, 0.3) is 11.4 Å². The number of nitrogens with zero attached hydrogens (tertiary/aromatic N) is 3. The van der Waals surface area contributed by atoms with Crippen molar-refractivity contribution in [1.29, 1.82) is 0 Å². The van der Waals surface area contributed by atoms with Gasteiger partial charge in [-0.2, -0.15) is 4.98 Å². The van der Waals surface area contributed by atoms with E-state index in [-0.39, 0.29) is 5.91 Å². The van der Waals surface area contributed by atoms with Gasteiger partial charge in [-0.25, -0.2) is 4.98 Å². The first kappa shape index (κ1) is 17.8. The summed E-state index contributed by atoms with van der Waals surface area (Å²) in [6.45, 7) is 7.86. The van der Waals surface area contributed by atoms with E-state index in [1.54, 1.807) is 12.1 Å². The number of hydrogen-bond acceptors (Lipinski definition) is 5. The van der Waals surface area contributed by atoms with Crippen LogP contribution in [0.2, 0.25) is 0 Å². The number of hydrogen-bond donors (Lipinski definition) is 1. The highest BCUT2D eigenvalue weighted by molar-refractivity contribution is 6.05. The van der Waals surface area contributed by atoms with Crippen LogP contribution in [0.4, 0.5) is 5.82 Å². The van der Waals surface area contributed by atoms with Crippen LogP contribution in [0.1, 0.15) is 46.4 Å². The summed E-state index contributed by atoms with van der Waals surface area (Å²) in [5.41, 5.74) is 4.09. The van der Waals surface area contributed by atoms with Gasteiger partial charge in [0, 0.05) is 17.7 Å².